The fraction of sp³-hybridized carbons (Fsp3) is 0.684. The summed E-state index contributed by atoms with van der Waals surface area (Å²) in [6.07, 6.45) is 4.75. The van der Waals surface area contributed by atoms with E-state index in [1.165, 1.54) is 4.90 Å². The van der Waals surface area contributed by atoms with Crippen LogP contribution in [0.1, 0.15) is 102 Å². The van der Waals surface area contributed by atoms with Crippen molar-refractivity contribution >= 4 is 35.1 Å². The maximum absolute atomic E-state index is 14.6. The van der Waals surface area contributed by atoms with Crippen LogP contribution < -0.4 is 20.7 Å². The third-order valence-corrected chi connectivity index (χ3v) is 10.4. The number of hydrogen-bond acceptors (Lipinski definition) is 9. The summed E-state index contributed by atoms with van der Waals surface area (Å²) >= 11 is 0. The second-order valence-electron chi connectivity index (χ2n) is 15.9. The number of nitrogens with one attached hydrogen (secondary N) is 3. The zero-order valence-electron chi connectivity index (χ0n) is 31.2. The standard InChI is InChI=1S/C38H55N5O8/c1-8-9-27(31(45)35(47)39-26-10-11-26)40-34(46)29-20-38(19-28(42-51-38)25-16-22(2)32(49-7)23(3)17-25)21-43(29)36(48)33(37(4,5)6)41-30(44)18-24-12-14-50-15-13-24/h16-17,24,26-27,29,33H,8-15,18-21H2,1-7H3,(H,39,47)(H,40,46)(H,41,44)/t27-,29-,33+,38+/m0/s1. The molecule has 3 fully saturated rings. The number of methoxy groups -OCH3 is 1. The van der Waals surface area contributed by atoms with Crippen molar-refractivity contribution in [2.45, 2.75) is 129 Å². The van der Waals surface area contributed by atoms with Crippen molar-refractivity contribution in [1.82, 2.24) is 20.9 Å². The van der Waals surface area contributed by atoms with Crippen LogP contribution in [-0.4, -0.2) is 96.7 Å². The van der Waals surface area contributed by atoms with Crippen molar-refractivity contribution in [1.29, 1.82) is 0 Å². The molecular formula is C38H55N5O8. The van der Waals surface area contributed by atoms with Gasteiger partial charge in [-0.1, -0.05) is 39.3 Å². The number of hydrogen-bond donors (Lipinski definition) is 3. The van der Waals surface area contributed by atoms with Crippen LogP contribution in [0.4, 0.5) is 0 Å². The highest BCUT2D eigenvalue weighted by Crippen LogP contribution is 2.41. The molecule has 3 aliphatic heterocycles. The quantitative estimate of drug-likeness (QED) is 0.263. The number of Topliss-reactive ketones (excluding diaryl/α,β-unsaturated/α-hetero) is 1. The van der Waals surface area contributed by atoms with E-state index in [2.05, 4.69) is 21.1 Å². The molecule has 0 bridgehead atoms. The molecule has 280 valence electrons. The molecule has 2 saturated heterocycles. The third-order valence-electron chi connectivity index (χ3n) is 10.4. The van der Waals surface area contributed by atoms with E-state index in [9.17, 15) is 24.0 Å². The lowest BCUT2D eigenvalue weighted by Gasteiger charge is -2.36. The number of aryl methyl sites for hydroxylation is 2. The van der Waals surface area contributed by atoms with Crippen molar-refractivity contribution in [2.24, 2.45) is 16.5 Å². The maximum atomic E-state index is 14.6. The number of amides is 4. The van der Waals surface area contributed by atoms with Gasteiger partial charge in [-0.05, 0) is 80.5 Å². The van der Waals surface area contributed by atoms with Gasteiger partial charge in [-0.2, -0.15) is 0 Å². The predicted molar refractivity (Wildman–Crippen MR) is 190 cm³/mol. The minimum absolute atomic E-state index is 0.00907. The third kappa shape index (κ3) is 9.09. The van der Waals surface area contributed by atoms with Crippen LogP contribution in [0.3, 0.4) is 0 Å². The molecule has 3 N–H and O–H groups in total. The molecule has 1 aliphatic carbocycles. The van der Waals surface area contributed by atoms with Gasteiger partial charge in [0.1, 0.15) is 17.8 Å². The van der Waals surface area contributed by atoms with Gasteiger partial charge in [0.2, 0.25) is 23.5 Å². The number of nitrogens with zero attached hydrogens (tertiary/aromatic N) is 2. The van der Waals surface area contributed by atoms with E-state index in [1.54, 1.807) is 7.11 Å². The first kappa shape index (κ1) is 38.2. The summed E-state index contributed by atoms with van der Waals surface area (Å²) in [5.41, 5.74) is 1.72. The molecule has 1 aromatic rings. The smallest absolute Gasteiger partial charge is 0.289 e. The summed E-state index contributed by atoms with van der Waals surface area (Å²) in [5.74, 6) is -1.66. The first-order valence-electron chi connectivity index (χ1n) is 18.4. The number of oxime groups is 1. The highest BCUT2D eigenvalue weighted by molar-refractivity contribution is 6.38. The molecule has 0 radical (unpaired) electrons. The van der Waals surface area contributed by atoms with E-state index in [1.807, 2.05) is 53.7 Å². The molecule has 13 nitrogen and oxygen atoms in total. The molecule has 4 aliphatic rings. The van der Waals surface area contributed by atoms with Gasteiger partial charge in [-0.15, -0.1) is 0 Å². The van der Waals surface area contributed by atoms with E-state index >= 15 is 0 Å². The largest absolute Gasteiger partial charge is 0.496 e. The van der Waals surface area contributed by atoms with Gasteiger partial charge in [0.25, 0.3) is 5.91 Å². The number of ketones is 1. The van der Waals surface area contributed by atoms with Crippen molar-refractivity contribution in [3.63, 3.8) is 0 Å². The highest BCUT2D eigenvalue weighted by atomic mass is 16.7. The lowest BCUT2D eigenvalue weighted by molar-refractivity contribution is -0.145. The molecule has 4 atom stereocenters. The number of ether oxygens (including phenoxy) is 2. The summed E-state index contributed by atoms with van der Waals surface area (Å²) in [4.78, 5) is 75.8. The molecule has 1 spiro atoms. The Labute approximate surface area is 300 Å². The summed E-state index contributed by atoms with van der Waals surface area (Å²) in [5, 5.41) is 13.0. The van der Waals surface area contributed by atoms with Crippen LogP contribution in [0.25, 0.3) is 0 Å². The van der Waals surface area contributed by atoms with E-state index in [-0.39, 0.29) is 43.7 Å². The average Bonchev–Trinajstić information content (AvgIpc) is 3.67. The molecule has 51 heavy (non-hydrogen) atoms. The van der Waals surface area contributed by atoms with Crippen LogP contribution >= 0.6 is 0 Å². The summed E-state index contributed by atoms with van der Waals surface area (Å²) < 4.78 is 11.0. The average molecular weight is 710 g/mol. The van der Waals surface area contributed by atoms with Crippen molar-refractivity contribution < 1.29 is 38.3 Å². The van der Waals surface area contributed by atoms with Crippen LogP contribution in [0.5, 0.6) is 5.75 Å². The van der Waals surface area contributed by atoms with E-state index in [4.69, 9.17) is 14.3 Å². The zero-order chi connectivity index (χ0) is 37.1. The molecule has 1 aromatic carbocycles. The van der Waals surface area contributed by atoms with E-state index in [0.717, 1.165) is 48.1 Å². The van der Waals surface area contributed by atoms with Gasteiger partial charge in [0, 0.05) is 44.1 Å². The van der Waals surface area contributed by atoms with Gasteiger partial charge in [0.05, 0.1) is 25.4 Å². The second-order valence-corrected chi connectivity index (χ2v) is 15.9. The Kier molecular flexibility index (Phi) is 11.8. The number of carbonyl (C=O) groups excluding carboxylic acids is 5. The minimum Gasteiger partial charge on any atom is -0.496 e. The lowest BCUT2D eigenvalue weighted by atomic mass is 9.85. The Morgan fingerprint density at radius 1 is 1.04 bits per heavy atom. The fourth-order valence-electron chi connectivity index (χ4n) is 7.44. The molecule has 3 heterocycles. The molecule has 13 heteroatoms. The zero-order valence-corrected chi connectivity index (χ0v) is 31.2. The predicted octanol–water partition coefficient (Wildman–Crippen LogP) is 3.26. The fourth-order valence-corrected chi connectivity index (χ4v) is 7.44. The van der Waals surface area contributed by atoms with Gasteiger partial charge in [0.15, 0.2) is 5.60 Å². The van der Waals surface area contributed by atoms with Crippen LogP contribution in [0, 0.1) is 25.2 Å². The van der Waals surface area contributed by atoms with E-state index in [0.29, 0.717) is 31.8 Å². The summed E-state index contributed by atoms with van der Waals surface area (Å²) in [6, 6.07) is 0.918. The molecule has 0 aromatic heterocycles. The molecule has 0 unspecified atom stereocenters. The molecular weight excluding hydrogens is 654 g/mol. The Bertz CT molecular complexity index is 1520. The van der Waals surface area contributed by atoms with Crippen molar-refractivity contribution in [2.75, 3.05) is 26.9 Å². The van der Waals surface area contributed by atoms with Crippen molar-refractivity contribution in [3.05, 3.63) is 28.8 Å². The van der Waals surface area contributed by atoms with Gasteiger partial charge >= 0.3 is 0 Å². The van der Waals surface area contributed by atoms with Gasteiger partial charge in [-0.25, -0.2) is 0 Å². The number of rotatable bonds is 13. The normalized spacial score (nSPS) is 23.2. The van der Waals surface area contributed by atoms with Gasteiger partial charge in [-0.3, -0.25) is 24.0 Å². The van der Waals surface area contributed by atoms with Gasteiger partial charge < -0.3 is 35.2 Å². The Morgan fingerprint density at radius 3 is 2.29 bits per heavy atom. The Morgan fingerprint density at radius 2 is 1.71 bits per heavy atom. The number of carbonyl (C=O) groups is 5. The van der Waals surface area contributed by atoms with Crippen LogP contribution in [0.2, 0.25) is 0 Å². The van der Waals surface area contributed by atoms with E-state index < -0.39 is 52.6 Å². The lowest BCUT2D eigenvalue weighted by Crippen LogP contribution is -2.59. The second kappa shape index (κ2) is 15.7. The topological polar surface area (TPSA) is 165 Å². The number of benzene rings is 1. The molecule has 1 saturated carbocycles. The Balaban J connectivity index is 1.40. The summed E-state index contributed by atoms with van der Waals surface area (Å²) in [7, 11) is 1.63. The molecule has 4 amide bonds. The number of likely N-dealkylation sites (tertiary alicyclic amines) is 1. The summed E-state index contributed by atoms with van der Waals surface area (Å²) in [6.45, 7) is 12.7. The maximum Gasteiger partial charge on any atom is 0.289 e. The van der Waals surface area contributed by atoms with Crippen molar-refractivity contribution in [3.8, 4) is 5.75 Å². The highest BCUT2D eigenvalue weighted by Gasteiger charge is 2.55. The first-order valence-corrected chi connectivity index (χ1v) is 18.4. The molecule has 5 rings (SSSR count). The van der Waals surface area contributed by atoms with Crippen LogP contribution in [-0.2, 0) is 33.5 Å². The monoisotopic (exact) mass is 709 g/mol. The first-order chi connectivity index (χ1) is 24.1. The SMILES string of the molecule is CCC[C@H](NC(=O)[C@@H]1C[C@]2(CC(c3cc(C)c(OC)c(C)c3)=NO2)CN1C(=O)[C@@H](NC(=O)CC1CCOCC1)C(C)(C)C)C(=O)C(=O)NC1CC1. The van der Waals surface area contributed by atoms with Crippen LogP contribution in [0.15, 0.2) is 17.3 Å². The minimum atomic E-state index is -1.05. The Hall–Kier alpha value is -4.00.